The number of H-pyrrole nitrogens is 1. The zero-order chi connectivity index (χ0) is 14.8. The average molecular weight is 278 g/mol. The second-order valence-corrected chi connectivity index (χ2v) is 5.86. The van der Waals surface area contributed by atoms with Crippen molar-refractivity contribution in [2.45, 2.75) is 33.4 Å². The van der Waals surface area contributed by atoms with E-state index in [2.05, 4.69) is 73.5 Å². The van der Waals surface area contributed by atoms with E-state index >= 15 is 0 Å². The number of aromatic nitrogens is 1. The van der Waals surface area contributed by atoms with Gasteiger partial charge in [0.25, 0.3) is 0 Å². The Kier molecular flexibility index (Phi) is 3.80. The third-order valence-electron chi connectivity index (χ3n) is 4.13. The van der Waals surface area contributed by atoms with E-state index in [1.165, 1.54) is 33.2 Å². The second-order valence-electron chi connectivity index (χ2n) is 5.86. The fraction of sp³-hybridized carbons (Fsp3) is 0.263. The average Bonchev–Trinajstić information content (AvgIpc) is 2.94. The summed E-state index contributed by atoms with van der Waals surface area (Å²) < 4.78 is 0. The van der Waals surface area contributed by atoms with E-state index in [1.807, 2.05) is 6.20 Å². The van der Waals surface area contributed by atoms with E-state index < -0.39 is 0 Å². The van der Waals surface area contributed by atoms with Gasteiger partial charge >= 0.3 is 0 Å². The molecule has 0 aliphatic heterocycles. The highest BCUT2D eigenvalue weighted by molar-refractivity contribution is 5.79. The molecule has 2 heteroatoms. The molecule has 0 saturated heterocycles. The lowest BCUT2D eigenvalue weighted by Gasteiger charge is -2.17. The van der Waals surface area contributed by atoms with Crippen molar-refractivity contribution in [2.75, 3.05) is 0 Å². The first kappa shape index (κ1) is 13.9. The first-order chi connectivity index (χ1) is 10.1. The minimum Gasteiger partial charge on any atom is -0.361 e. The molecule has 0 aliphatic carbocycles. The highest BCUT2D eigenvalue weighted by Crippen LogP contribution is 2.20. The van der Waals surface area contributed by atoms with Gasteiger partial charge in [-0.2, -0.15) is 0 Å². The van der Waals surface area contributed by atoms with Crippen molar-refractivity contribution in [3.05, 3.63) is 70.9 Å². The van der Waals surface area contributed by atoms with Gasteiger partial charge < -0.3 is 10.3 Å². The number of aryl methyl sites for hydroxylation is 2. The molecule has 0 spiro atoms. The monoisotopic (exact) mass is 278 g/mol. The normalized spacial score (nSPS) is 12.7. The SMILES string of the molecule is Cc1ccc(C)c(C(C)NCc2ccc3cc[nH]c3c2)c1. The third kappa shape index (κ3) is 3.01. The van der Waals surface area contributed by atoms with Gasteiger partial charge in [0.05, 0.1) is 0 Å². The Morgan fingerprint density at radius 3 is 2.76 bits per heavy atom. The van der Waals surface area contributed by atoms with Crippen LogP contribution in [0.1, 0.15) is 35.2 Å². The van der Waals surface area contributed by atoms with Crippen LogP contribution < -0.4 is 5.32 Å². The summed E-state index contributed by atoms with van der Waals surface area (Å²) in [6.07, 6.45) is 1.99. The van der Waals surface area contributed by atoms with Crippen LogP contribution in [0.2, 0.25) is 0 Å². The molecule has 0 aliphatic rings. The Morgan fingerprint density at radius 1 is 1.05 bits per heavy atom. The molecule has 108 valence electrons. The molecule has 3 aromatic rings. The van der Waals surface area contributed by atoms with E-state index in [4.69, 9.17) is 0 Å². The summed E-state index contributed by atoms with van der Waals surface area (Å²) in [5.41, 5.74) is 6.56. The molecular weight excluding hydrogens is 256 g/mol. The van der Waals surface area contributed by atoms with Crippen LogP contribution in [0.4, 0.5) is 0 Å². The predicted molar refractivity (Wildman–Crippen MR) is 89.5 cm³/mol. The van der Waals surface area contributed by atoms with Crippen LogP contribution in [0.5, 0.6) is 0 Å². The lowest BCUT2D eigenvalue weighted by molar-refractivity contribution is 0.572. The number of rotatable bonds is 4. The molecule has 0 radical (unpaired) electrons. The topological polar surface area (TPSA) is 27.8 Å². The van der Waals surface area contributed by atoms with Crippen LogP contribution >= 0.6 is 0 Å². The zero-order valence-corrected chi connectivity index (χ0v) is 12.9. The maximum absolute atomic E-state index is 3.63. The molecule has 21 heavy (non-hydrogen) atoms. The summed E-state index contributed by atoms with van der Waals surface area (Å²) >= 11 is 0. The fourth-order valence-electron chi connectivity index (χ4n) is 2.81. The van der Waals surface area contributed by atoms with E-state index in [9.17, 15) is 0 Å². The minimum atomic E-state index is 0.351. The van der Waals surface area contributed by atoms with Crippen molar-refractivity contribution in [3.8, 4) is 0 Å². The molecule has 1 unspecified atom stereocenters. The molecule has 0 fully saturated rings. The molecule has 2 aromatic carbocycles. The molecule has 0 amide bonds. The number of hydrogen-bond acceptors (Lipinski definition) is 1. The van der Waals surface area contributed by atoms with Crippen molar-refractivity contribution in [1.29, 1.82) is 0 Å². The predicted octanol–water partition coefficient (Wildman–Crippen LogP) is 4.64. The number of hydrogen-bond donors (Lipinski definition) is 2. The van der Waals surface area contributed by atoms with Crippen molar-refractivity contribution in [3.63, 3.8) is 0 Å². The van der Waals surface area contributed by atoms with Gasteiger partial charge in [-0.15, -0.1) is 0 Å². The summed E-state index contributed by atoms with van der Waals surface area (Å²) in [6.45, 7) is 7.44. The van der Waals surface area contributed by atoms with E-state index in [0.29, 0.717) is 6.04 Å². The van der Waals surface area contributed by atoms with Gasteiger partial charge in [-0.3, -0.25) is 0 Å². The Bertz CT molecular complexity index is 755. The summed E-state index contributed by atoms with van der Waals surface area (Å²) in [5.74, 6) is 0. The molecule has 1 aromatic heterocycles. The number of fused-ring (bicyclic) bond motifs is 1. The van der Waals surface area contributed by atoms with Gasteiger partial charge in [-0.1, -0.05) is 35.9 Å². The molecule has 2 N–H and O–H groups in total. The van der Waals surface area contributed by atoms with Crippen molar-refractivity contribution < 1.29 is 0 Å². The van der Waals surface area contributed by atoms with E-state index in [-0.39, 0.29) is 0 Å². The number of aromatic amines is 1. The number of benzene rings is 2. The molecule has 3 rings (SSSR count). The maximum Gasteiger partial charge on any atom is 0.0457 e. The molecule has 1 heterocycles. The van der Waals surface area contributed by atoms with Crippen LogP contribution in [0.15, 0.2) is 48.7 Å². The summed E-state index contributed by atoms with van der Waals surface area (Å²) in [7, 11) is 0. The van der Waals surface area contributed by atoms with Crippen LogP contribution in [0, 0.1) is 13.8 Å². The molecule has 2 nitrogen and oxygen atoms in total. The Hall–Kier alpha value is -2.06. The van der Waals surface area contributed by atoms with Gasteiger partial charge in [-0.05, 0) is 55.0 Å². The largest absolute Gasteiger partial charge is 0.361 e. The first-order valence-corrected chi connectivity index (χ1v) is 7.50. The molecule has 0 saturated carbocycles. The lowest BCUT2D eigenvalue weighted by atomic mass is 10.00. The van der Waals surface area contributed by atoms with Crippen LogP contribution in [-0.2, 0) is 6.54 Å². The Labute approximate surface area is 126 Å². The minimum absolute atomic E-state index is 0.351. The molecule has 1 atom stereocenters. The second kappa shape index (κ2) is 5.74. The fourth-order valence-corrected chi connectivity index (χ4v) is 2.81. The van der Waals surface area contributed by atoms with Crippen LogP contribution in [-0.4, -0.2) is 4.98 Å². The van der Waals surface area contributed by atoms with E-state index in [1.54, 1.807) is 0 Å². The van der Waals surface area contributed by atoms with Crippen molar-refractivity contribution in [2.24, 2.45) is 0 Å². The Balaban J connectivity index is 1.72. The summed E-state index contributed by atoms with van der Waals surface area (Å²) in [6, 6.07) is 15.7. The molecular formula is C19H22N2. The van der Waals surface area contributed by atoms with Gasteiger partial charge in [0.1, 0.15) is 0 Å². The number of nitrogens with one attached hydrogen (secondary N) is 2. The maximum atomic E-state index is 3.63. The van der Waals surface area contributed by atoms with Gasteiger partial charge in [0, 0.05) is 24.3 Å². The lowest BCUT2D eigenvalue weighted by Crippen LogP contribution is -2.19. The molecule has 0 bridgehead atoms. The zero-order valence-electron chi connectivity index (χ0n) is 12.9. The van der Waals surface area contributed by atoms with Crippen molar-refractivity contribution >= 4 is 10.9 Å². The summed E-state index contributed by atoms with van der Waals surface area (Å²) in [5, 5.41) is 4.89. The van der Waals surface area contributed by atoms with Gasteiger partial charge in [0.15, 0.2) is 0 Å². The quantitative estimate of drug-likeness (QED) is 0.715. The standard InChI is InChI=1S/C19H22N2/c1-13-4-5-14(2)18(10-13)15(3)21-12-16-6-7-17-8-9-20-19(17)11-16/h4-11,15,20-21H,12H2,1-3H3. The third-order valence-corrected chi connectivity index (χ3v) is 4.13. The summed E-state index contributed by atoms with van der Waals surface area (Å²) in [4.78, 5) is 3.27. The van der Waals surface area contributed by atoms with Gasteiger partial charge in [-0.25, -0.2) is 0 Å². The van der Waals surface area contributed by atoms with Crippen LogP contribution in [0.25, 0.3) is 10.9 Å². The van der Waals surface area contributed by atoms with Gasteiger partial charge in [0.2, 0.25) is 0 Å². The van der Waals surface area contributed by atoms with Crippen LogP contribution in [0.3, 0.4) is 0 Å². The Morgan fingerprint density at radius 2 is 1.90 bits per heavy atom. The first-order valence-electron chi connectivity index (χ1n) is 7.50. The van der Waals surface area contributed by atoms with E-state index in [0.717, 1.165) is 6.54 Å². The highest BCUT2D eigenvalue weighted by atomic mass is 14.9. The highest BCUT2D eigenvalue weighted by Gasteiger charge is 2.08. The van der Waals surface area contributed by atoms with Crippen molar-refractivity contribution in [1.82, 2.24) is 10.3 Å². The smallest absolute Gasteiger partial charge is 0.0457 e.